The Labute approximate surface area is 125 Å². The normalized spacial score (nSPS) is 10.8. The van der Waals surface area contributed by atoms with E-state index in [4.69, 9.17) is 4.74 Å². The summed E-state index contributed by atoms with van der Waals surface area (Å²) < 4.78 is 5.94. The van der Waals surface area contributed by atoms with Crippen LogP contribution in [0.25, 0.3) is 0 Å². The molecule has 0 aliphatic heterocycles. The van der Waals surface area contributed by atoms with Gasteiger partial charge >= 0.3 is 0 Å². The van der Waals surface area contributed by atoms with Gasteiger partial charge in [0.2, 0.25) is 0 Å². The molecule has 0 spiro atoms. The second kappa shape index (κ2) is 7.41. The molecule has 0 saturated heterocycles. The first-order valence-corrected chi connectivity index (χ1v) is 7.92. The molecule has 108 valence electrons. The molecule has 0 fully saturated rings. The highest BCUT2D eigenvalue weighted by Gasteiger charge is 2.07. The molecule has 2 rings (SSSR count). The molecule has 3 nitrogen and oxygen atoms in total. The third-order valence-corrected chi connectivity index (χ3v) is 4.25. The van der Waals surface area contributed by atoms with Gasteiger partial charge in [-0.3, -0.25) is 4.98 Å². The van der Waals surface area contributed by atoms with Crippen LogP contribution in [0.4, 0.5) is 0 Å². The highest BCUT2D eigenvalue weighted by Crippen LogP contribution is 2.22. The molecule has 4 heteroatoms. The maximum Gasteiger partial charge on any atom is 0.142 e. The molecule has 0 radical (unpaired) electrons. The van der Waals surface area contributed by atoms with Gasteiger partial charge in [0.1, 0.15) is 12.4 Å². The minimum Gasteiger partial charge on any atom is -0.486 e. The number of aromatic nitrogens is 1. The van der Waals surface area contributed by atoms with Crippen LogP contribution in [0.3, 0.4) is 0 Å². The van der Waals surface area contributed by atoms with Crippen molar-refractivity contribution in [2.24, 2.45) is 0 Å². The maximum absolute atomic E-state index is 5.94. The van der Waals surface area contributed by atoms with Crippen molar-refractivity contribution in [1.82, 2.24) is 10.3 Å². The Kier molecular flexibility index (Phi) is 5.56. The summed E-state index contributed by atoms with van der Waals surface area (Å²) in [5.74, 6) is 0.878. The number of hydrogen-bond donors (Lipinski definition) is 1. The van der Waals surface area contributed by atoms with Crippen LogP contribution in [0, 0.1) is 6.92 Å². The van der Waals surface area contributed by atoms with Crippen LogP contribution < -0.4 is 10.1 Å². The SMILES string of the molecule is CCNCc1nc(C)ccc1OCc1ccc(CC)s1. The van der Waals surface area contributed by atoms with Crippen LogP contribution in [0.2, 0.25) is 0 Å². The van der Waals surface area contributed by atoms with Gasteiger partial charge in [0, 0.05) is 22.0 Å². The summed E-state index contributed by atoms with van der Waals surface area (Å²) in [5, 5.41) is 3.30. The van der Waals surface area contributed by atoms with Crippen molar-refractivity contribution in [3.63, 3.8) is 0 Å². The maximum atomic E-state index is 5.94. The summed E-state index contributed by atoms with van der Waals surface area (Å²) in [6.45, 7) is 8.57. The Balaban J connectivity index is 2.04. The number of aryl methyl sites for hydroxylation is 2. The molecule has 0 unspecified atom stereocenters. The zero-order valence-electron chi connectivity index (χ0n) is 12.4. The Hall–Kier alpha value is -1.39. The summed E-state index contributed by atoms with van der Waals surface area (Å²) >= 11 is 1.82. The van der Waals surface area contributed by atoms with E-state index < -0.39 is 0 Å². The molecule has 20 heavy (non-hydrogen) atoms. The second-order valence-corrected chi connectivity index (χ2v) is 5.94. The molecule has 2 aromatic rings. The van der Waals surface area contributed by atoms with Crippen LogP contribution in [0.1, 0.15) is 35.0 Å². The Morgan fingerprint density at radius 1 is 1.15 bits per heavy atom. The minimum absolute atomic E-state index is 0.620. The van der Waals surface area contributed by atoms with E-state index in [1.807, 2.05) is 30.4 Å². The number of nitrogens with one attached hydrogen (secondary N) is 1. The van der Waals surface area contributed by atoms with Crippen molar-refractivity contribution in [2.45, 2.75) is 40.3 Å². The van der Waals surface area contributed by atoms with Gasteiger partial charge in [0.15, 0.2) is 0 Å². The van der Waals surface area contributed by atoms with Gasteiger partial charge in [0.05, 0.1) is 5.69 Å². The lowest BCUT2D eigenvalue weighted by Crippen LogP contribution is -2.14. The lowest BCUT2D eigenvalue weighted by Gasteiger charge is -2.11. The zero-order chi connectivity index (χ0) is 14.4. The lowest BCUT2D eigenvalue weighted by molar-refractivity contribution is 0.303. The lowest BCUT2D eigenvalue weighted by atomic mass is 10.3. The predicted molar refractivity (Wildman–Crippen MR) is 84.4 cm³/mol. The molecule has 0 aromatic carbocycles. The topological polar surface area (TPSA) is 34.2 Å². The van der Waals surface area contributed by atoms with E-state index in [9.17, 15) is 0 Å². The van der Waals surface area contributed by atoms with Crippen LogP contribution in [0.5, 0.6) is 5.75 Å². The highest BCUT2D eigenvalue weighted by atomic mass is 32.1. The van der Waals surface area contributed by atoms with E-state index in [1.165, 1.54) is 9.75 Å². The molecule has 0 saturated carbocycles. The monoisotopic (exact) mass is 290 g/mol. The van der Waals surface area contributed by atoms with E-state index >= 15 is 0 Å². The van der Waals surface area contributed by atoms with Gasteiger partial charge in [0.25, 0.3) is 0 Å². The van der Waals surface area contributed by atoms with E-state index in [0.29, 0.717) is 6.61 Å². The van der Waals surface area contributed by atoms with Crippen LogP contribution in [-0.2, 0) is 19.6 Å². The number of ether oxygens (including phenoxy) is 1. The van der Waals surface area contributed by atoms with Crippen molar-refractivity contribution >= 4 is 11.3 Å². The summed E-state index contributed by atoms with van der Waals surface area (Å²) in [5.41, 5.74) is 2.01. The molecule has 0 aliphatic carbocycles. The van der Waals surface area contributed by atoms with E-state index in [1.54, 1.807) is 0 Å². The van der Waals surface area contributed by atoms with Crippen molar-refractivity contribution in [2.75, 3.05) is 6.54 Å². The van der Waals surface area contributed by atoms with Crippen molar-refractivity contribution < 1.29 is 4.74 Å². The Morgan fingerprint density at radius 3 is 2.65 bits per heavy atom. The summed E-state index contributed by atoms with van der Waals surface area (Å²) in [6, 6.07) is 8.34. The molecule has 0 bridgehead atoms. The summed E-state index contributed by atoms with van der Waals surface area (Å²) in [7, 11) is 0. The van der Waals surface area contributed by atoms with Crippen molar-refractivity contribution in [1.29, 1.82) is 0 Å². The third kappa shape index (κ3) is 4.05. The molecule has 2 aromatic heterocycles. The molecule has 0 atom stereocenters. The first-order valence-electron chi connectivity index (χ1n) is 7.10. The standard InChI is InChI=1S/C16H22N2OS/c1-4-13-7-8-14(20-13)11-19-16-9-6-12(3)18-15(16)10-17-5-2/h6-9,17H,4-5,10-11H2,1-3H3. The fraction of sp³-hybridized carbons (Fsp3) is 0.438. The first-order chi connectivity index (χ1) is 9.72. The first kappa shape index (κ1) is 15.0. The number of thiophene rings is 1. The van der Waals surface area contributed by atoms with Crippen LogP contribution in [0.15, 0.2) is 24.3 Å². The molecular formula is C16H22N2OS. The summed E-state index contributed by atoms with van der Waals surface area (Å²) in [4.78, 5) is 7.22. The van der Waals surface area contributed by atoms with Crippen LogP contribution >= 0.6 is 11.3 Å². The Morgan fingerprint density at radius 2 is 1.95 bits per heavy atom. The third-order valence-electron chi connectivity index (χ3n) is 3.05. The molecule has 0 aliphatic rings. The molecular weight excluding hydrogens is 268 g/mol. The van der Waals surface area contributed by atoms with Crippen LogP contribution in [-0.4, -0.2) is 11.5 Å². The largest absolute Gasteiger partial charge is 0.486 e. The number of rotatable bonds is 7. The number of pyridine rings is 1. The van der Waals surface area contributed by atoms with Crippen molar-refractivity contribution in [3.8, 4) is 5.75 Å². The van der Waals surface area contributed by atoms with Gasteiger partial charge in [-0.2, -0.15) is 0 Å². The molecule has 1 N–H and O–H groups in total. The second-order valence-electron chi connectivity index (χ2n) is 4.69. The van der Waals surface area contributed by atoms with Gasteiger partial charge in [-0.15, -0.1) is 11.3 Å². The number of hydrogen-bond acceptors (Lipinski definition) is 4. The zero-order valence-corrected chi connectivity index (χ0v) is 13.2. The molecule has 2 heterocycles. The van der Waals surface area contributed by atoms with Gasteiger partial charge in [-0.05, 0) is 44.2 Å². The predicted octanol–water partition coefficient (Wildman–Crippen LogP) is 3.70. The fourth-order valence-corrected chi connectivity index (χ4v) is 2.81. The smallest absolute Gasteiger partial charge is 0.142 e. The van der Waals surface area contributed by atoms with Crippen molar-refractivity contribution in [3.05, 3.63) is 45.4 Å². The average molecular weight is 290 g/mol. The minimum atomic E-state index is 0.620. The average Bonchev–Trinajstić information content (AvgIpc) is 2.92. The van der Waals surface area contributed by atoms with Gasteiger partial charge in [-0.1, -0.05) is 13.8 Å². The van der Waals surface area contributed by atoms with E-state index in [-0.39, 0.29) is 0 Å². The fourth-order valence-electron chi connectivity index (χ4n) is 1.94. The van der Waals surface area contributed by atoms with Gasteiger partial charge in [-0.25, -0.2) is 0 Å². The van der Waals surface area contributed by atoms with Gasteiger partial charge < -0.3 is 10.1 Å². The molecule has 0 amide bonds. The highest BCUT2D eigenvalue weighted by molar-refractivity contribution is 7.11. The quantitative estimate of drug-likeness (QED) is 0.844. The number of nitrogens with zero attached hydrogens (tertiary/aromatic N) is 1. The van der Waals surface area contributed by atoms with E-state index in [0.717, 1.165) is 36.6 Å². The summed E-state index contributed by atoms with van der Waals surface area (Å²) in [6.07, 6.45) is 1.09. The van der Waals surface area contributed by atoms with E-state index in [2.05, 4.69) is 36.3 Å². The Bertz CT molecular complexity index is 551.